The van der Waals surface area contributed by atoms with E-state index in [9.17, 15) is 4.79 Å². The lowest BCUT2D eigenvalue weighted by molar-refractivity contribution is -0.117. The number of hydrogen-bond donors (Lipinski definition) is 1. The molecule has 1 saturated carbocycles. The zero-order valence-electron chi connectivity index (χ0n) is 6.08. The number of nitrogens with zero attached hydrogens (tertiary/aromatic N) is 2. The first kappa shape index (κ1) is 8.12. The summed E-state index contributed by atoms with van der Waals surface area (Å²) in [6.07, 6.45) is 2.01. The van der Waals surface area contributed by atoms with Crippen LogP contribution in [0.25, 0.3) is 0 Å². The minimum absolute atomic E-state index is 0.0682. The van der Waals surface area contributed by atoms with Gasteiger partial charge in [0.15, 0.2) is 3.92 Å². The Hall–Kier alpha value is -0.490. The highest BCUT2D eigenvalue weighted by Crippen LogP contribution is 2.30. The van der Waals surface area contributed by atoms with Gasteiger partial charge in [-0.2, -0.15) is 0 Å². The molecular weight excluding hydrogens is 242 g/mol. The lowest BCUT2D eigenvalue weighted by atomic mass is 10.4. The maximum atomic E-state index is 11.2. The minimum atomic E-state index is 0.0682. The maximum Gasteiger partial charge on any atom is 0.229 e. The molecule has 2 rings (SSSR count). The molecule has 1 heterocycles. The number of amides is 1. The number of anilines is 1. The number of hydrogen-bond acceptors (Lipinski definition) is 4. The van der Waals surface area contributed by atoms with E-state index in [1.165, 1.54) is 11.3 Å². The van der Waals surface area contributed by atoms with Crippen molar-refractivity contribution in [1.29, 1.82) is 0 Å². The summed E-state index contributed by atoms with van der Waals surface area (Å²) in [6.45, 7) is 0. The van der Waals surface area contributed by atoms with Crippen LogP contribution in [0.5, 0.6) is 0 Å². The predicted octanol–water partition coefficient (Wildman–Crippen LogP) is 1.65. The first-order valence-electron chi connectivity index (χ1n) is 3.55. The molecule has 0 spiro atoms. The molecule has 0 bridgehead atoms. The van der Waals surface area contributed by atoms with E-state index in [2.05, 4.69) is 31.4 Å². The normalized spacial score (nSPS) is 16.1. The van der Waals surface area contributed by atoms with E-state index in [1.54, 1.807) is 0 Å². The molecule has 0 aromatic carbocycles. The zero-order chi connectivity index (χ0) is 8.55. The van der Waals surface area contributed by atoms with Crippen molar-refractivity contribution in [3.8, 4) is 0 Å². The van der Waals surface area contributed by atoms with Crippen LogP contribution >= 0.6 is 27.3 Å². The van der Waals surface area contributed by atoms with E-state index in [4.69, 9.17) is 0 Å². The highest BCUT2D eigenvalue weighted by molar-refractivity contribution is 9.11. The van der Waals surface area contributed by atoms with Crippen LogP contribution in [0.4, 0.5) is 5.13 Å². The second-order valence-corrected chi connectivity index (χ2v) is 4.88. The second-order valence-electron chi connectivity index (χ2n) is 2.62. The van der Waals surface area contributed by atoms with Gasteiger partial charge in [0.1, 0.15) is 0 Å². The Balaban J connectivity index is 1.98. The Morgan fingerprint density at radius 3 is 2.83 bits per heavy atom. The molecule has 0 atom stereocenters. The maximum absolute atomic E-state index is 11.2. The van der Waals surface area contributed by atoms with E-state index < -0.39 is 0 Å². The van der Waals surface area contributed by atoms with Crippen LogP contribution < -0.4 is 5.32 Å². The largest absolute Gasteiger partial charge is 0.300 e. The van der Waals surface area contributed by atoms with Gasteiger partial charge in [-0.15, -0.1) is 10.2 Å². The second kappa shape index (κ2) is 3.10. The number of nitrogens with one attached hydrogen (secondary N) is 1. The van der Waals surface area contributed by atoms with Gasteiger partial charge in [-0.05, 0) is 28.8 Å². The van der Waals surface area contributed by atoms with Gasteiger partial charge in [-0.25, -0.2) is 0 Å². The Bertz CT molecular complexity index is 309. The third kappa shape index (κ3) is 1.81. The van der Waals surface area contributed by atoms with Gasteiger partial charge in [-0.1, -0.05) is 11.3 Å². The molecule has 1 aromatic heterocycles. The Kier molecular flexibility index (Phi) is 2.10. The number of halogens is 1. The van der Waals surface area contributed by atoms with Crippen LogP contribution in [-0.4, -0.2) is 16.1 Å². The summed E-state index contributed by atoms with van der Waals surface area (Å²) < 4.78 is 0.689. The highest BCUT2D eigenvalue weighted by Gasteiger charge is 2.30. The quantitative estimate of drug-likeness (QED) is 0.865. The summed E-state index contributed by atoms with van der Waals surface area (Å²) in [6, 6.07) is 0. The molecule has 0 aliphatic heterocycles. The average Bonchev–Trinajstić information content (AvgIpc) is 2.78. The zero-order valence-corrected chi connectivity index (χ0v) is 8.48. The van der Waals surface area contributed by atoms with Gasteiger partial charge in [0.05, 0.1) is 0 Å². The van der Waals surface area contributed by atoms with Crippen molar-refractivity contribution in [2.75, 3.05) is 5.32 Å². The van der Waals surface area contributed by atoms with E-state index in [-0.39, 0.29) is 11.8 Å². The summed E-state index contributed by atoms with van der Waals surface area (Å²) in [5.41, 5.74) is 0. The van der Waals surface area contributed by atoms with E-state index in [1.807, 2.05) is 0 Å². The molecule has 1 amide bonds. The van der Waals surface area contributed by atoms with Crippen LogP contribution in [0.15, 0.2) is 3.92 Å². The molecule has 1 fully saturated rings. The summed E-state index contributed by atoms with van der Waals surface area (Å²) in [5, 5.41) is 10.7. The fourth-order valence-electron chi connectivity index (χ4n) is 0.809. The molecule has 0 saturated heterocycles. The lowest BCUT2D eigenvalue weighted by Crippen LogP contribution is -2.12. The molecule has 12 heavy (non-hydrogen) atoms. The highest BCUT2D eigenvalue weighted by atomic mass is 79.9. The van der Waals surface area contributed by atoms with Gasteiger partial charge >= 0.3 is 0 Å². The molecule has 0 radical (unpaired) electrons. The van der Waals surface area contributed by atoms with Gasteiger partial charge in [0, 0.05) is 5.92 Å². The van der Waals surface area contributed by atoms with Crippen molar-refractivity contribution in [1.82, 2.24) is 10.2 Å². The SMILES string of the molecule is O=C(Nc1nnc(Br)s1)C1CC1. The van der Waals surface area contributed by atoms with Gasteiger partial charge in [0.25, 0.3) is 0 Å². The third-order valence-corrected chi connectivity index (χ3v) is 2.85. The van der Waals surface area contributed by atoms with Crippen molar-refractivity contribution < 1.29 is 4.79 Å². The topological polar surface area (TPSA) is 54.9 Å². The first-order valence-corrected chi connectivity index (χ1v) is 5.16. The van der Waals surface area contributed by atoms with Gasteiger partial charge in [-0.3, -0.25) is 4.79 Å². The Morgan fingerprint density at radius 1 is 1.58 bits per heavy atom. The Labute approximate surface area is 81.5 Å². The number of carbonyl (C=O) groups is 1. The van der Waals surface area contributed by atoms with Crippen LogP contribution in [0.3, 0.4) is 0 Å². The fraction of sp³-hybridized carbons (Fsp3) is 0.500. The van der Waals surface area contributed by atoms with E-state index in [0.29, 0.717) is 9.05 Å². The summed E-state index contributed by atoms with van der Waals surface area (Å²) in [4.78, 5) is 11.2. The Morgan fingerprint density at radius 2 is 2.33 bits per heavy atom. The van der Waals surface area contributed by atoms with Crippen LogP contribution in [0.2, 0.25) is 0 Å². The van der Waals surface area contributed by atoms with Crippen molar-refractivity contribution in [2.45, 2.75) is 12.8 Å². The molecule has 1 aliphatic carbocycles. The van der Waals surface area contributed by atoms with Crippen molar-refractivity contribution >= 4 is 38.3 Å². The van der Waals surface area contributed by atoms with Gasteiger partial charge < -0.3 is 5.32 Å². The van der Waals surface area contributed by atoms with Crippen LogP contribution in [-0.2, 0) is 4.79 Å². The summed E-state index contributed by atoms with van der Waals surface area (Å²) in [5.74, 6) is 0.284. The molecular formula is C6H6BrN3OS. The number of rotatable bonds is 2. The molecule has 64 valence electrons. The van der Waals surface area contributed by atoms with Crippen molar-refractivity contribution in [2.24, 2.45) is 5.92 Å². The average molecular weight is 248 g/mol. The lowest BCUT2D eigenvalue weighted by Gasteiger charge is -1.95. The van der Waals surface area contributed by atoms with Crippen molar-refractivity contribution in [3.63, 3.8) is 0 Å². The molecule has 1 N–H and O–H groups in total. The number of carbonyl (C=O) groups excluding carboxylic acids is 1. The summed E-state index contributed by atoms with van der Waals surface area (Å²) >= 11 is 4.49. The standard InChI is InChI=1S/C6H6BrN3OS/c7-5-9-10-6(12-5)8-4(11)3-1-2-3/h3H,1-2H2,(H,8,10,11). The fourth-order valence-corrected chi connectivity index (χ4v) is 1.82. The van der Waals surface area contributed by atoms with Crippen LogP contribution in [0, 0.1) is 5.92 Å². The van der Waals surface area contributed by atoms with Crippen LogP contribution in [0.1, 0.15) is 12.8 Å². The van der Waals surface area contributed by atoms with Crippen molar-refractivity contribution in [3.05, 3.63) is 3.92 Å². The molecule has 1 aliphatic rings. The van der Waals surface area contributed by atoms with E-state index in [0.717, 1.165) is 12.8 Å². The molecule has 1 aromatic rings. The first-order chi connectivity index (χ1) is 5.75. The number of aromatic nitrogens is 2. The molecule has 6 heteroatoms. The van der Waals surface area contributed by atoms with Gasteiger partial charge in [0.2, 0.25) is 11.0 Å². The molecule has 4 nitrogen and oxygen atoms in total. The third-order valence-electron chi connectivity index (χ3n) is 1.58. The minimum Gasteiger partial charge on any atom is -0.300 e. The van der Waals surface area contributed by atoms with E-state index >= 15 is 0 Å². The smallest absolute Gasteiger partial charge is 0.229 e. The monoisotopic (exact) mass is 247 g/mol. The molecule has 0 unspecified atom stereocenters. The summed E-state index contributed by atoms with van der Waals surface area (Å²) in [7, 11) is 0. The predicted molar refractivity (Wildman–Crippen MR) is 49.0 cm³/mol.